The second-order valence-corrected chi connectivity index (χ2v) is 3.77. The lowest BCUT2D eigenvalue weighted by molar-refractivity contribution is 0.630. The number of nitrogens with one attached hydrogen (secondary N) is 1. The fraction of sp³-hybridized carbons (Fsp3) is 0.167. The van der Waals surface area contributed by atoms with Crippen molar-refractivity contribution in [2.24, 2.45) is 0 Å². The van der Waals surface area contributed by atoms with Crippen LogP contribution in [0.15, 0.2) is 24.3 Å². The fourth-order valence-electron chi connectivity index (χ4n) is 1.55. The van der Waals surface area contributed by atoms with E-state index in [1.807, 2.05) is 6.07 Å². The number of benzene rings is 1. The van der Waals surface area contributed by atoms with Crippen LogP contribution in [0.25, 0.3) is 11.4 Å². The smallest absolute Gasteiger partial charge is 0.165 e. The average molecular weight is 230 g/mol. The number of aromatic nitrogens is 2. The Balaban J connectivity index is 2.56. The SMILES string of the molecule is CN(C)c1nc(-c2ccccc2F)[nH]c1C#N. The first kappa shape index (κ1) is 11.1. The normalized spacial score (nSPS) is 10.0. The van der Waals surface area contributed by atoms with Gasteiger partial charge in [0.2, 0.25) is 0 Å². The van der Waals surface area contributed by atoms with Gasteiger partial charge in [-0.15, -0.1) is 0 Å². The molecule has 1 N–H and O–H groups in total. The summed E-state index contributed by atoms with van der Waals surface area (Å²) in [5.41, 5.74) is 0.686. The number of imidazole rings is 1. The number of halogens is 1. The van der Waals surface area contributed by atoms with Gasteiger partial charge in [0.15, 0.2) is 11.5 Å². The van der Waals surface area contributed by atoms with Crippen molar-refractivity contribution in [3.05, 3.63) is 35.8 Å². The van der Waals surface area contributed by atoms with E-state index in [0.717, 1.165) is 0 Å². The second-order valence-electron chi connectivity index (χ2n) is 3.77. The second kappa shape index (κ2) is 4.26. The molecule has 17 heavy (non-hydrogen) atoms. The number of aromatic amines is 1. The number of hydrogen-bond donors (Lipinski definition) is 1. The van der Waals surface area contributed by atoms with Gasteiger partial charge in [-0.25, -0.2) is 9.37 Å². The van der Waals surface area contributed by atoms with Gasteiger partial charge in [-0.05, 0) is 12.1 Å². The van der Waals surface area contributed by atoms with Crippen LogP contribution in [0.4, 0.5) is 10.2 Å². The maximum atomic E-state index is 13.6. The highest BCUT2D eigenvalue weighted by molar-refractivity contribution is 5.63. The number of H-pyrrole nitrogens is 1. The Hall–Kier alpha value is -2.35. The van der Waals surface area contributed by atoms with Gasteiger partial charge < -0.3 is 9.88 Å². The van der Waals surface area contributed by atoms with Crippen molar-refractivity contribution in [2.45, 2.75) is 0 Å². The van der Waals surface area contributed by atoms with Crippen LogP contribution in [0, 0.1) is 17.1 Å². The van der Waals surface area contributed by atoms with E-state index < -0.39 is 0 Å². The van der Waals surface area contributed by atoms with Crippen molar-refractivity contribution >= 4 is 5.82 Å². The number of hydrogen-bond acceptors (Lipinski definition) is 3. The van der Waals surface area contributed by atoms with Gasteiger partial charge in [0, 0.05) is 14.1 Å². The topological polar surface area (TPSA) is 55.7 Å². The number of anilines is 1. The molecule has 0 amide bonds. The summed E-state index contributed by atoms with van der Waals surface area (Å²) in [5.74, 6) is 0.505. The Bertz CT molecular complexity index is 580. The molecule has 0 aliphatic carbocycles. The molecular weight excluding hydrogens is 219 g/mol. The summed E-state index contributed by atoms with van der Waals surface area (Å²) in [6.07, 6.45) is 0. The van der Waals surface area contributed by atoms with Crippen molar-refractivity contribution in [3.8, 4) is 17.5 Å². The minimum Gasteiger partial charge on any atom is -0.360 e. The highest BCUT2D eigenvalue weighted by atomic mass is 19.1. The van der Waals surface area contributed by atoms with Gasteiger partial charge in [0.05, 0.1) is 5.56 Å². The minimum atomic E-state index is -0.365. The van der Waals surface area contributed by atoms with Crippen molar-refractivity contribution in [2.75, 3.05) is 19.0 Å². The lowest BCUT2D eigenvalue weighted by atomic mass is 10.2. The van der Waals surface area contributed by atoms with Crippen LogP contribution in [0.2, 0.25) is 0 Å². The molecule has 2 aromatic rings. The first-order valence-electron chi connectivity index (χ1n) is 5.06. The van der Waals surface area contributed by atoms with E-state index in [1.165, 1.54) is 6.07 Å². The Labute approximate surface area is 98.3 Å². The van der Waals surface area contributed by atoms with E-state index in [2.05, 4.69) is 9.97 Å². The number of nitriles is 1. The van der Waals surface area contributed by atoms with Crippen LogP contribution in [-0.2, 0) is 0 Å². The van der Waals surface area contributed by atoms with Gasteiger partial charge >= 0.3 is 0 Å². The summed E-state index contributed by atoms with van der Waals surface area (Å²) in [6.45, 7) is 0. The third kappa shape index (κ3) is 1.97. The van der Waals surface area contributed by atoms with Crippen LogP contribution in [0.3, 0.4) is 0 Å². The van der Waals surface area contributed by atoms with E-state index in [1.54, 1.807) is 37.2 Å². The Morgan fingerprint density at radius 1 is 1.35 bits per heavy atom. The quantitative estimate of drug-likeness (QED) is 0.860. The molecule has 0 aliphatic heterocycles. The minimum absolute atomic E-state index is 0.327. The van der Waals surface area contributed by atoms with Gasteiger partial charge in [-0.1, -0.05) is 12.1 Å². The molecule has 0 saturated carbocycles. The predicted molar refractivity (Wildman–Crippen MR) is 63.0 cm³/mol. The molecule has 0 spiro atoms. The average Bonchev–Trinajstić information content (AvgIpc) is 2.73. The van der Waals surface area contributed by atoms with Crippen molar-refractivity contribution in [1.29, 1.82) is 5.26 Å². The van der Waals surface area contributed by atoms with Gasteiger partial charge in [-0.2, -0.15) is 5.26 Å². The molecule has 5 heteroatoms. The molecule has 1 aromatic carbocycles. The third-order valence-corrected chi connectivity index (χ3v) is 2.35. The first-order valence-corrected chi connectivity index (χ1v) is 5.06. The summed E-state index contributed by atoms with van der Waals surface area (Å²) < 4.78 is 13.6. The molecule has 86 valence electrons. The predicted octanol–water partition coefficient (Wildman–Crippen LogP) is 2.15. The maximum Gasteiger partial charge on any atom is 0.165 e. The summed E-state index contributed by atoms with van der Waals surface area (Å²) in [6, 6.07) is 8.32. The van der Waals surface area contributed by atoms with Crippen LogP contribution in [0.1, 0.15) is 5.69 Å². The van der Waals surface area contributed by atoms with Crippen LogP contribution < -0.4 is 4.90 Å². The molecule has 0 aliphatic rings. The maximum absolute atomic E-state index is 13.6. The standard InChI is InChI=1S/C12H11FN4/c1-17(2)12-10(7-14)15-11(16-12)8-5-3-4-6-9(8)13/h3-6H,1-2H3,(H,15,16). The van der Waals surface area contributed by atoms with E-state index in [4.69, 9.17) is 5.26 Å². The molecule has 0 bridgehead atoms. The molecule has 1 heterocycles. The van der Waals surface area contributed by atoms with Crippen molar-refractivity contribution < 1.29 is 4.39 Å². The Morgan fingerprint density at radius 2 is 2.06 bits per heavy atom. The molecule has 0 radical (unpaired) electrons. The summed E-state index contributed by atoms with van der Waals surface area (Å²) in [7, 11) is 3.56. The first-order chi connectivity index (χ1) is 8.13. The molecule has 0 fully saturated rings. The molecule has 0 atom stereocenters. The summed E-state index contributed by atoms with van der Waals surface area (Å²) >= 11 is 0. The molecule has 0 unspecified atom stereocenters. The fourth-order valence-corrected chi connectivity index (χ4v) is 1.55. The third-order valence-electron chi connectivity index (χ3n) is 2.35. The lowest BCUT2D eigenvalue weighted by Crippen LogP contribution is -2.10. The largest absolute Gasteiger partial charge is 0.360 e. The van der Waals surface area contributed by atoms with Crippen LogP contribution >= 0.6 is 0 Å². The van der Waals surface area contributed by atoms with E-state index in [9.17, 15) is 4.39 Å². The lowest BCUT2D eigenvalue weighted by Gasteiger charge is -2.07. The molecular formula is C12H11FN4. The van der Waals surface area contributed by atoms with Crippen LogP contribution in [0.5, 0.6) is 0 Å². The number of nitrogens with zero attached hydrogens (tertiary/aromatic N) is 3. The summed E-state index contributed by atoms with van der Waals surface area (Å²) in [5, 5.41) is 8.96. The van der Waals surface area contributed by atoms with E-state index in [-0.39, 0.29) is 5.82 Å². The molecule has 1 aromatic heterocycles. The van der Waals surface area contributed by atoms with Gasteiger partial charge in [0.25, 0.3) is 0 Å². The molecule has 2 rings (SSSR count). The Kier molecular flexibility index (Phi) is 2.79. The van der Waals surface area contributed by atoms with Crippen molar-refractivity contribution in [3.63, 3.8) is 0 Å². The Morgan fingerprint density at radius 3 is 2.59 bits per heavy atom. The van der Waals surface area contributed by atoms with Crippen LogP contribution in [-0.4, -0.2) is 24.1 Å². The van der Waals surface area contributed by atoms with Gasteiger partial charge in [-0.3, -0.25) is 0 Å². The highest BCUT2D eigenvalue weighted by Crippen LogP contribution is 2.24. The zero-order valence-electron chi connectivity index (χ0n) is 9.53. The van der Waals surface area contributed by atoms with Crippen molar-refractivity contribution in [1.82, 2.24) is 9.97 Å². The highest BCUT2D eigenvalue weighted by Gasteiger charge is 2.14. The monoisotopic (exact) mass is 230 g/mol. The van der Waals surface area contributed by atoms with E-state index in [0.29, 0.717) is 22.9 Å². The molecule has 0 saturated heterocycles. The number of rotatable bonds is 2. The zero-order valence-corrected chi connectivity index (χ0v) is 9.53. The zero-order chi connectivity index (χ0) is 12.4. The molecule has 4 nitrogen and oxygen atoms in total. The van der Waals surface area contributed by atoms with Gasteiger partial charge in [0.1, 0.15) is 17.7 Å². The summed E-state index contributed by atoms with van der Waals surface area (Å²) in [4.78, 5) is 8.74. The van der Waals surface area contributed by atoms with E-state index >= 15 is 0 Å².